The summed E-state index contributed by atoms with van der Waals surface area (Å²) in [5, 5.41) is 2.69. The highest BCUT2D eigenvalue weighted by atomic mass is 32.2. The lowest BCUT2D eigenvalue weighted by Gasteiger charge is -2.21. The summed E-state index contributed by atoms with van der Waals surface area (Å²) in [6.07, 6.45) is -0.0354. The number of cyclic esters (lactones) is 1. The van der Waals surface area contributed by atoms with E-state index in [9.17, 15) is 22.8 Å². The molecule has 0 radical (unpaired) electrons. The zero-order valence-corrected chi connectivity index (χ0v) is 15.9. The van der Waals surface area contributed by atoms with Crippen molar-refractivity contribution in [3.05, 3.63) is 23.8 Å². The molecule has 1 unspecified atom stereocenters. The van der Waals surface area contributed by atoms with E-state index in [1.807, 2.05) is 0 Å². The van der Waals surface area contributed by atoms with Crippen molar-refractivity contribution in [2.45, 2.75) is 37.6 Å². The molecule has 0 aromatic heterocycles. The van der Waals surface area contributed by atoms with E-state index < -0.39 is 28.1 Å². The molecule has 27 heavy (non-hydrogen) atoms. The third kappa shape index (κ3) is 3.67. The summed E-state index contributed by atoms with van der Waals surface area (Å²) >= 11 is 0. The molecule has 0 spiro atoms. The molecule has 2 heterocycles. The van der Waals surface area contributed by atoms with Gasteiger partial charge in [-0.25, -0.2) is 18.1 Å². The quantitative estimate of drug-likeness (QED) is 0.798. The van der Waals surface area contributed by atoms with E-state index in [0.717, 1.165) is 4.90 Å². The first-order valence-corrected chi connectivity index (χ1v) is 10.1. The van der Waals surface area contributed by atoms with Gasteiger partial charge in [0.05, 0.1) is 10.9 Å². The molecule has 3 rings (SSSR count). The Hall–Kier alpha value is -2.46. The number of ether oxygens (including phenoxy) is 1. The van der Waals surface area contributed by atoms with Crippen molar-refractivity contribution in [2.24, 2.45) is 0 Å². The van der Waals surface area contributed by atoms with Gasteiger partial charge in [-0.1, -0.05) is 6.92 Å². The van der Waals surface area contributed by atoms with Gasteiger partial charge in [0.1, 0.15) is 0 Å². The number of sulfonamides is 1. The minimum atomic E-state index is -3.79. The smallest absolute Gasteiger partial charge is 0.417 e. The van der Waals surface area contributed by atoms with Crippen LogP contribution < -0.4 is 5.32 Å². The molecule has 0 saturated carbocycles. The molecule has 1 aromatic carbocycles. The lowest BCUT2D eigenvalue weighted by molar-refractivity contribution is -0.127. The van der Waals surface area contributed by atoms with Crippen LogP contribution in [0.5, 0.6) is 0 Å². The number of rotatable bonds is 5. The van der Waals surface area contributed by atoms with Crippen LogP contribution in [0.3, 0.4) is 0 Å². The molecule has 1 N–H and O–H groups in total. The molecule has 10 heteroatoms. The zero-order chi connectivity index (χ0) is 19.8. The van der Waals surface area contributed by atoms with Crippen molar-refractivity contribution >= 4 is 33.6 Å². The number of carbonyl (C=O) groups is 3. The molecule has 0 bridgehead atoms. The maximum Gasteiger partial charge on any atom is 0.417 e. The van der Waals surface area contributed by atoms with Crippen molar-refractivity contribution in [2.75, 3.05) is 25.0 Å². The van der Waals surface area contributed by atoms with E-state index in [4.69, 9.17) is 4.74 Å². The molecule has 2 saturated heterocycles. The van der Waals surface area contributed by atoms with Crippen LogP contribution >= 0.6 is 0 Å². The predicted octanol–water partition coefficient (Wildman–Crippen LogP) is 1.09. The summed E-state index contributed by atoms with van der Waals surface area (Å²) in [6.45, 7) is 3.33. The van der Waals surface area contributed by atoms with Gasteiger partial charge in [-0.2, -0.15) is 4.31 Å². The number of aryl methyl sites for hydroxylation is 1. The average Bonchev–Trinajstić information content (AvgIpc) is 3.21. The maximum absolute atomic E-state index is 13.0. The van der Waals surface area contributed by atoms with E-state index >= 15 is 0 Å². The standard InChI is InChI=1S/C17H21N3O6S/c1-3-15(21)18-12-4-5-14(11(2)8-12)27(24,25)19-7-6-13(9-19)20-16(22)10-26-17(20)23/h4-5,8,13H,3,6-7,9-10H2,1-2H3,(H,18,21). The predicted molar refractivity (Wildman–Crippen MR) is 95.5 cm³/mol. The monoisotopic (exact) mass is 395 g/mol. The number of imide groups is 1. The maximum atomic E-state index is 13.0. The van der Waals surface area contributed by atoms with E-state index in [1.54, 1.807) is 26.0 Å². The summed E-state index contributed by atoms with van der Waals surface area (Å²) in [4.78, 5) is 36.1. The average molecular weight is 395 g/mol. The highest BCUT2D eigenvalue weighted by Gasteiger charge is 2.43. The Labute approximate surface area is 157 Å². The fraction of sp³-hybridized carbons (Fsp3) is 0.471. The van der Waals surface area contributed by atoms with Crippen LogP contribution in [0.15, 0.2) is 23.1 Å². The zero-order valence-electron chi connectivity index (χ0n) is 15.1. The first-order valence-electron chi connectivity index (χ1n) is 8.63. The highest BCUT2D eigenvalue weighted by Crippen LogP contribution is 2.28. The summed E-state index contributed by atoms with van der Waals surface area (Å²) in [5.74, 6) is -0.606. The molecule has 9 nitrogen and oxygen atoms in total. The molecule has 0 aliphatic carbocycles. The second-order valence-corrected chi connectivity index (χ2v) is 8.41. The Kier molecular flexibility index (Phi) is 5.20. The molecule has 1 aromatic rings. The van der Waals surface area contributed by atoms with Crippen LogP contribution in [0.2, 0.25) is 0 Å². The van der Waals surface area contributed by atoms with Gasteiger partial charge in [-0.05, 0) is 37.1 Å². The first kappa shape index (κ1) is 19.3. The Morgan fingerprint density at radius 3 is 2.67 bits per heavy atom. The SMILES string of the molecule is CCC(=O)Nc1ccc(S(=O)(=O)N2CCC(N3C(=O)COC3=O)C2)c(C)c1. The number of nitrogens with one attached hydrogen (secondary N) is 1. The third-order valence-corrected chi connectivity index (χ3v) is 6.70. The van der Waals surface area contributed by atoms with Crippen LogP contribution in [0, 0.1) is 6.92 Å². The normalized spacial score (nSPS) is 20.8. The molecule has 1 atom stereocenters. The fourth-order valence-electron chi connectivity index (χ4n) is 3.26. The van der Waals surface area contributed by atoms with Gasteiger partial charge < -0.3 is 10.1 Å². The van der Waals surface area contributed by atoms with E-state index in [2.05, 4.69) is 5.32 Å². The van der Waals surface area contributed by atoms with Gasteiger partial charge in [-0.3, -0.25) is 9.59 Å². The van der Waals surface area contributed by atoms with Gasteiger partial charge in [0.2, 0.25) is 15.9 Å². The Balaban J connectivity index is 1.78. The number of carbonyl (C=O) groups excluding carboxylic acids is 3. The minimum absolute atomic E-state index is 0.0386. The molecule has 2 aliphatic heterocycles. The number of nitrogens with zero attached hydrogens (tertiary/aromatic N) is 2. The molecule has 3 amide bonds. The second kappa shape index (κ2) is 7.28. The van der Waals surface area contributed by atoms with E-state index in [1.165, 1.54) is 10.4 Å². The Morgan fingerprint density at radius 2 is 2.07 bits per heavy atom. The lowest BCUT2D eigenvalue weighted by atomic mass is 10.2. The number of hydrogen-bond donors (Lipinski definition) is 1. The topological polar surface area (TPSA) is 113 Å². The fourth-order valence-corrected chi connectivity index (χ4v) is 4.96. The molecular formula is C17H21N3O6S. The first-order chi connectivity index (χ1) is 12.7. The summed E-state index contributed by atoms with van der Waals surface area (Å²) in [6, 6.07) is 4.08. The summed E-state index contributed by atoms with van der Waals surface area (Å²) in [7, 11) is -3.79. The Bertz CT molecular complexity index is 882. The summed E-state index contributed by atoms with van der Waals surface area (Å²) in [5.41, 5.74) is 1.03. The van der Waals surface area contributed by atoms with Gasteiger partial charge in [0, 0.05) is 25.2 Å². The van der Waals surface area contributed by atoms with Crippen LogP contribution in [-0.2, 0) is 24.3 Å². The van der Waals surface area contributed by atoms with Gasteiger partial charge >= 0.3 is 6.09 Å². The van der Waals surface area contributed by atoms with E-state index in [0.29, 0.717) is 24.1 Å². The molecule has 146 valence electrons. The molecular weight excluding hydrogens is 374 g/mol. The molecule has 2 aliphatic rings. The van der Waals surface area contributed by atoms with Gasteiger partial charge in [-0.15, -0.1) is 0 Å². The second-order valence-electron chi connectivity index (χ2n) is 6.51. The van der Waals surface area contributed by atoms with Crippen molar-refractivity contribution in [1.29, 1.82) is 0 Å². The van der Waals surface area contributed by atoms with Gasteiger partial charge in [0.15, 0.2) is 6.61 Å². The number of benzene rings is 1. The van der Waals surface area contributed by atoms with Crippen LogP contribution in [-0.4, -0.2) is 61.3 Å². The van der Waals surface area contributed by atoms with Crippen molar-refractivity contribution in [3.63, 3.8) is 0 Å². The van der Waals surface area contributed by atoms with Crippen molar-refractivity contribution in [3.8, 4) is 0 Å². The van der Waals surface area contributed by atoms with Crippen molar-refractivity contribution in [1.82, 2.24) is 9.21 Å². The van der Waals surface area contributed by atoms with Crippen LogP contribution in [0.1, 0.15) is 25.3 Å². The van der Waals surface area contributed by atoms with Crippen LogP contribution in [0.25, 0.3) is 0 Å². The van der Waals surface area contributed by atoms with Crippen molar-refractivity contribution < 1.29 is 27.5 Å². The minimum Gasteiger partial charge on any atom is -0.439 e. The highest BCUT2D eigenvalue weighted by molar-refractivity contribution is 7.89. The lowest BCUT2D eigenvalue weighted by Crippen LogP contribution is -2.42. The van der Waals surface area contributed by atoms with Crippen LogP contribution in [0.4, 0.5) is 10.5 Å². The Morgan fingerprint density at radius 1 is 1.33 bits per heavy atom. The van der Waals surface area contributed by atoms with E-state index in [-0.39, 0.29) is 30.5 Å². The largest absolute Gasteiger partial charge is 0.439 e. The summed E-state index contributed by atoms with van der Waals surface area (Å²) < 4.78 is 31.9. The molecule has 2 fully saturated rings. The van der Waals surface area contributed by atoms with Gasteiger partial charge in [0.25, 0.3) is 5.91 Å². The third-order valence-electron chi connectivity index (χ3n) is 4.67. The number of hydrogen-bond acceptors (Lipinski definition) is 6. The number of amides is 3. The number of anilines is 1.